The highest BCUT2D eigenvalue weighted by molar-refractivity contribution is 6.03. The molecule has 1 aliphatic heterocycles. The summed E-state index contributed by atoms with van der Waals surface area (Å²) >= 11 is 0. The summed E-state index contributed by atoms with van der Waals surface area (Å²) in [6.07, 6.45) is 2.83. The topological polar surface area (TPSA) is 45.2 Å². The van der Waals surface area contributed by atoms with Crippen LogP contribution in [0.25, 0.3) is 0 Å². The molecule has 0 bridgehead atoms. The largest absolute Gasteiger partial charge is 0.366 e. The predicted molar refractivity (Wildman–Crippen MR) is 114 cm³/mol. The smallest absolute Gasteiger partial charge is 0.274 e. The van der Waals surface area contributed by atoms with Crippen molar-refractivity contribution in [1.29, 1.82) is 0 Å². The summed E-state index contributed by atoms with van der Waals surface area (Å²) < 4.78 is 0. The minimum atomic E-state index is -0.177. The van der Waals surface area contributed by atoms with E-state index in [2.05, 4.69) is 53.3 Å². The molecule has 142 valence electrons. The Morgan fingerprint density at radius 1 is 1.00 bits per heavy atom. The quantitative estimate of drug-likeness (QED) is 0.700. The number of aromatic nitrogens is 1. The van der Waals surface area contributed by atoms with Gasteiger partial charge in [-0.25, -0.2) is 4.98 Å². The van der Waals surface area contributed by atoms with E-state index in [0.29, 0.717) is 11.6 Å². The van der Waals surface area contributed by atoms with E-state index in [0.717, 1.165) is 36.4 Å². The molecule has 0 saturated carbocycles. The monoisotopic (exact) mass is 371 g/mol. The van der Waals surface area contributed by atoms with Crippen LogP contribution in [0.1, 0.15) is 46.9 Å². The number of nitrogens with one attached hydrogen (secondary N) is 1. The second kappa shape index (κ2) is 7.85. The maximum Gasteiger partial charge on any atom is 0.274 e. The van der Waals surface area contributed by atoms with Gasteiger partial charge in [-0.2, -0.15) is 0 Å². The highest BCUT2D eigenvalue weighted by atomic mass is 16.1. The van der Waals surface area contributed by atoms with Crippen molar-refractivity contribution in [3.63, 3.8) is 0 Å². The predicted octanol–water partition coefficient (Wildman–Crippen LogP) is 5.02. The summed E-state index contributed by atoms with van der Waals surface area (Å²) in [7, 11) is 0. The Morgan fingerprint density at radius 2 is 1.75 bits per heavy atom. The lowest BCUT2D eigenvalue weighted by Gasteiger charge is -2.30. The van der Waals surface area contributed by atoms with Gasteiger partial charge in [0.1, 0.15) is 5.69 Å². The van der Waals surface area contributed by atoms with Crippen molar-refractivity contribution in [2.45, 2.75) is 32.7 Å². The third-order valence-electron chi connectivity index (χ3n) is 5.31. The van der Waals surface area contributed by atoms with E-state index in [1.54, 1.807) is 6.20 Å². The Kier molecular flexibility index (Phi) is 5.11. The van der Waals surface area contributed by atoms with Gasteiger partial charge in [0.2, 0.25) is 0 Å². The molecule has 4 nitrogen and oxygen atoms in total. The van der Waals surface area contributed by atoms with Crippen LogP contribution < -0.4 is 10.2 Å². The van der Waals surface area contributed by atoms with Gasteiger partial charge in [0.15, 0.2) is 0 Å². The molecular formula is C24H25N3O. The second-order valence-corrected chi connectivity index (χ2v) is 7.54. The van der Waals surface area contributed by atoms with E-state index in [1.165, 1.54) is 11.1 Å². The Bertz CT molecular complexity index is 979. The van der Waals surface area contributed by atoms with Crippen LogP contribution >= 0.6 is 0 Å². The fraction of sp³-hybridized carbons (Fsp3) is 0.250. The molecule has 3 aromatic rings. The fourth-order valence-electron chi connectivity index (χ4n) is 3.72. The van der Waals surface area contributed by atoms with Crippen molar-refractivity contribution in [2.75, 3.05) is 16.8 Å². The number of benzene rings is 2. The number of hydrogen-bond donors (Lipinski definition) is 1. The molecule has 28 heavy (non-hydrogen) atoms. The number of hydrogen-bond acceptors (Lipinski definition) is 3. The average Bonchev–Trinajstić information content (AvgIpc) is 2.73. The van der Waals surface area contributed by atoms with Crippen LogP contribution in [0.5, 0.6) is 0 Å². The van der Waals surface area contributed by atoms with Crippen LogP contribution in [-0.4, -0.2) is 17.4 Å². The van der Waals surface area contributed by atoms with Gasteiger partial charge in [0.25, 0.3) is 5.91 Å². The van der Waals surface area contributed by atoms with E-state index in [9.17, 15) is 4.79 Å². The molecule has 0 saturated heterocycles. The summed E-state index contributed by atoms with van der Waals surface area (Å²) in [6.45, 7) is 6.08. The van der Waals surface area contributed by atoms with Crippen molar-refractivity contribution in [1.82, 2.24) is 4.98 Å². The second-order valence-electron chi connectivity index (χ2n) is 7.54. The Morgan fingerprint density at radius 3 is 2.50 bits per heavy atom. The van der Waals surface area contributed by atoms with Crippen LogP contribution in [0, 0.1) is 0 Å². The molecule has 2 aromatic carbocycles. The number of amides is 1. The molecule has 0 fully saturated rings. The van der Waals surface area contributed by atoms with Crippen LogP contribution in [0.3, 0.4) is 0 Å². The zero-order valence-corrected chi connectivity index (χ0v) is 16.4. The summed E-state index contributed by atoms with van der Waals surface area (Å²) in [5, 5.41) is 3.01. The molecule has 1 N–H and O–H groups in total. The number of anilines is 2. The van der Waals surface area contributed by atoms with Gasteiger partial charge in [-0.1, -0.05) is 56.3 Å². The standard InChI is InChI=1S/C24H25N3O/c1-17(2)21-9-5-6-10-22(21)26-24(28)23-12-11-20(15-25-23)27-14-13-18-7-3-4-8-19(18)16-27/h3-12,15,17H,13-14,16H2,1-2H3,(H,26,28). The number of carbonyl (C=O) groups is 1. The van der Waals surface area contributed by atoms with Gasteiger partial charge >= 0.3 is 0 Å². The lowest BCUT2D eigenvalue weighted by Crippen LogP contribution is -2.30. The highest BCUT2D eigenvalue weighted by Crippen LogP contribution is 2.25. The molecular weight excluding hydrogens is 346 g/mol. The lowest BCUT2D eigenvalue weighted by molar-refractivity contribution is 0.102. The van der Waals surface area contributed by atoms with E-state index < -0.39 is 0 Å². The molecule has 0 atom stereocenters. The van der Waals surface area contributed by atoms with Crippen molar-refractivity contribution in [2.24, 2.45) is 0 Å². The van der Waals surface area contributed by atoms with Gasteiger partial charge in [-0.3, -0.25) is 4.79 Å². The molecule has 1 amide bonds. The summed E-state index contributed by atoms with van der Waals surface area (Å²) in [5.74, 6) is 0.164. The molecule has 0 unspecified atom stereocenters. The molecule has 1 aliphatic rings. The average molecular weight is 371 g/mol. The van der Waals surface area contributed by atoms with Gasteiger partial charge in [-0.05, 0) is 47.2 Å². The third-order valence-corrected chi connectivity index (χ3v) is 5.31. The SMILES string of the molecule is CC(C)c1ccccc1NC(=O)c1ccc(N2CCc3ccccc3C2)cn1. The van der Waals surface area contributed by atoms with E-state index in [4.69, 9.17) is 0 Å². The van der Waals surface area contributed by atoms with Gasteiger partial charge < -0.3 is 10.2 Å². The Hall–Kier alpha value is -3.14. The molecule has 4 heteroatoms. The molecule has 4 rings (SSSR count). The molecule has 0 radical (unpaired) electrons. The van der Waals surface area contributed by atoms with E-state index in [1.807, 2.05) is 36.4 Å². The van der Waals surface area contributed by atoms with Crippen LogP contribution in [0.2, 0.25) is 0 Å². The van der Waals surface area contributed by atoms with Crippen LogP contribution in [-0.2, 0) is 13.0 Å². The van der Waals surface area contributed by atoms with Crippen LogP contribution in [0.4, 0.5) is 11.4 Å². The number of fused-ring (bicyclic) bond motifs is 1. The van der Waals surface area contributed by atoms with Gasteiger partial charge in [0, 0.05) is 18.8 Å². The van der Waals surface area contributed by atoms with E-state index >= 15 is 0 Å². The molecule has 0 spiro atoms. The molecule has 0 aliphatic carbocycles. The van der Waals surface area contributed by atoms with Crippen molar-refractivity contribution in [3.05, 3.63) is 89.2 Å². The highest BCUT2D eigenvalue weighted by Gasteiger charge is 2.17. The summed E-state index contributed by atoms with van der Waals surface area (Å²) in [5.41, 5.74) is 6.24. The first-order valence-corrected chi connectivity index (χ1v) is 9.80. The minimum Gasteiger partial charge on any atom is -0.366 e. The normalized spacial score (nSPS) is 13.3. The lowest BCUT2D eigenvalue weighted by atomic mass is 9.99. The van der Waals surface area contributed by atoms with Crippen molar-refractivity contribution in [3.8, 4) is 0 Å². The van der Waals surface area contributed by atoms with E-state index in [-0.39, 0.29) is 5.91 Å². The number of rotatable bonds is 4. The molecule has 1 aromatic heterocycles. The fourth-order valence-corrected chi connectivity index (χ4v) is 3.72. The number of pyridine rings is 1. The number of carbonyl (C=O) groups excluding carboxylic acids is 1. The van der Waals surface area contributed by atoms with Gasteiger partial charge in [0.05, 0.1) is 11.9 Å². The third kappa shape index (κ3) is 3.77. The maximum absolute atomic E-state index is 12.7. The minimum absolute atomic E-state index is 0.177. The summed E-state index contributed by atoms with van der Waals surface area (Å²) in [4.78, 5) is 19.4. The zero-order valence-electron chi connectivity index (χ0n) is 16.4. The zero-order chi connectivity index (χ0) is 19.5. The Labute approximate surface area is 166 Å². The first kappa shape index (κ1) is 18.2. The number of nitrogens with zero attached hydrogens (tertiary/aromatic N) is 2. The maximum atomic E-state index is 12.7. The number of para-hydroxylation sites is 1. The first-order valence-electron chi connectivity index (χ1n) is 9.80. The van der Waals surface area contributed by atoms with Crippen LogP contribution in [0.15, 0.2) is 66.9 Å². The molecule has 2 heterocycles. The first-order chi connectivity index (χ1) is 13.6. The Balaban J connectivity index is 1.47. The summed E-state index contributed by atoms with van der Waals surface area (Å²) in [6, 6.07) is 20.3. The van der Waals surface area contributed by atoms with Gasteiger partial charge in [-0.15, -0.1) is 0 Å². The van der Waals surface area contributed by atoms with Crippen molar-refractivity contribution >= 4 is 17.3 Å². The van der Waals surface area contributed by atoms with Crippen molar-refractivity contribution < 1.29 is 4.79 Å².